The van der Waals surface area contributed by atoms with Crippen LogP contribution in [0.15, 0.2) is 12.1 Å². The van der Waals surface area contributed by atoms with Crippen molar-refractivity contribution in [3.63, 3.8) is 0 Å². The third kappa shape index (κ3) is 2.57. The highest BCUT2D eigenvalue weighted by molar-refractivity contribution is 5.53. The molecular weight excluding hydrogens is 238 g/mol. The molecule has 1 aliphatic carbocycles. The molecule has 0 aromatic heterocycles. The van der Waals surface area contributed by atoms with E-state index in [2.05, 4.69) is 26.8 Å². The molecule has 0 spiro atoms. The molecule has 1 aliphatic rings. The number of phenols is 1. The second-order valence-electron chi connectivity index (χ2n) is 6.69. The molecule has 1 aromatic carbocycles. The number of nitrogens with two attached hydrogens (primary N) is 1. The summed E-state index contributed by atoms with van der Waals surface area (Å²) in [6.07, 6.45) is 4.19. The summed E-state index contributed by atoms with van der Waals surface area (Å²) >= 11 is 0. The fraction of sp³-hybridized carbons (Fsp3) is 0.625. The standard InChI is InChI=1S/C16H25NO2/c1-15(2,3)11-9-12(14(19-4)13(18)10-11)16(17)7-5-6-8-16/h9-10,18H,5-8,17H2,1-4H3. The van der Waals surface area contributed by atoms with Crippen molar-refractivity contribution in [1.82, 2.24) is 0 Å². The highest BCUT2D eigenvalue weighted by atomic mass is 16.5. The third-order valence-corrected chi connectivity index (χ3v) is 4.17. The Morgan fingerprint density at radius 1 is 1.21 bits per heavy atom. The normalized spacial score (nSPS) is 18.6. The minimum atomic E-state index is -0.357. The van der Waals surface area contributed by atoms with Crippen molar-refractivity contribution >= 4 is 0 Å². The molecule has 0 unspecified atom stereocenters. The molecule has 2 rings (SSSR count). The predicted octanol–water partition coefficient (Wildman–Crippen LogP) is 3.43. The van der Waals surface area contributed by atoms with Crippen LogP contribution in [0.1, 0.15) is 57.6 Å². The summed E-state index contributed by atoms with van der Waals surface area (Å²) in [7, 11) is 1.59. The fourth-order valence-electron chi connectivity index (χ4n) is 2.91. The van der Waals surface area contributed by atoms with E-state index in [0.717, 1.165) is 36.8 Å². The Labute approximate surface area is 115 Å². The first-order chi connectivity index (χ1) is 8.78. The predicted molar refractivity (Wildman–Crippen MR) is 77.7 cm³/mol. The summed E-state index contributed by atoms with van der Waals surface area (Å²) in [5.74, 6) is 0.735. The molecule has 0 bridgehead atoms. The fourth-order valence-corrected chi connectivity index (χ4v) is 2.91. The zero-order chi connectivity index (χ0) is 14.3. The molecule has 0 atom stereocenters. The molecule has 1 fully saturated rings. The van der Waals surface area contributed by atoms with E-state index in [4.69, 9.17) is 10.5 Å². The average Bonchev–Trinajstić information content (AvgIpc) is 2.75. The maximum absolute atomic E-state index is 10.2. The third-order valence-electron chi connectivity index (χ3n) is 4.17. The summed E-state index contributed by atoms with van der Waals surface area (Å²) in [4.78, 5) is 0. The van der Waals surface area contributed by atoms with E-state index in [1.54, 1.807) is 13.2 Å². The van der Waals surface area contributed by atoms with Gasteiger partial charge in [0.1, 0.15) is 0 Å². The number of benzene rings is 1. The minimum absolute atomic E-state index is 0.0204. The minimum Gasteiger partial charge on any atom is -0.504 e. The Morgan fingerprint density at radius 2 is 1.79 bits per heavy atom. The quantitative estimate of drug-likeness (QED) is 0.859. The zero-order valence-corrected chi connectivity index (χ0v) is 12.4. The summed E-state index contributed by atoms with van der Waals surface area (Å²) < 4.78 is 5.39. The smallest absolute Gasteiger partial charge is 0.165 e. The van der Waals surface area contributed by atoms with Gasteiger partial charge in [0, 0.05) is 11.1 Å². The van der Waals surface area contributed by atoms with Crippen molar-refractivity contribution in [2.75, 3.05) is 7.11 Å². The molecule has 3 nitrogen and oxygen atoms in total. The number of hydrogen-bond acceptors (Lipinski definition) is 3. The van der Waals surface area contributed by atoms with Gasteiger partial charge in [0.25, 0.3) is 0 Å². The Balaban J connectivity index is 2.60. The maximum atomic E-state index is 10.2. The van der Waals surface area contributed by atoms with E-state index in [-0.39, 0.29) is 16.7 Å². The van der Waals surface area contributed by atoms with Gasteiger partial charge in [-0.05, 0) is 36.0 Å². The Kier molecular flexibility index (Phi) is 3.52. The monoisotopic (exact) mass is 263 g/mol. The van der Waals surface area contributed by atoms with Crippen molar-refractivity contribution in [1.29, 1.82) is 0 Å². The first-order valence-corrected chi connectivity index (χ1v) is 6.99. The van der Waals surface area contributed by atoms with Crippen molar-refractivity contribution in [2.24, 2.45) is 5.73 Å². The van der Waals surface area contributed by atoms with Gasteiger partial charge in [0.2, 0.25) is 0 Å². The molecule has 1 saturated carbocycles. The SMILES string of the molecule is COc1c(O)cc(C(C)(C)C)cc1C1(N)CCCC1. The van der Waals surface area contributed by atoms with Gasteiger partial charge in [-0.3, -0.25) is 0 Å². The van der Waals surface area contributed by atoms with Gasteiger partial charge in [-0.25, -0.2) is 0 Å². The summed E-state index contributed by atoms with van der Waals surface area (Å²) in [6.45, 7) is 6.40. The van der Waals surface area contributed by atoms with Crippen molar-refractivity contribution in [2.45, 2.75) is 57.4 Å². The number of phenolic OH excluding ortho intramolecular Hbond substituents is 1. The van der Waals surface area contributed by atoms with Crippen LogP contribution in [0.3, 0.4) is 0 Å². The first kappa shape index (κ1) is 14.2. The van der Waals surface area contributed by atoms with Crippen LogP contribution in [-0.4, -0.2) is 12.2 Å². The van der Waals surface area contributed by atoms with Gasteiger partial charge in [-0.15, -0.1) is 0 Å². The lowest BCUT2D eigenvalue weighted by Gasteiger charge is -2.29. The summed E-state index contributed by atoms with van der Waals surface area (Å²) in [5.41, 5.74) is 8.22. The van der Waals surface area contributed by atoms with Crippen molar-refractivity contribution in [3.8, 4) is 11.5 Å². The molecule has 3 heteroatoms. The first-order valence-electron chi connectivity index (χ1n) is 6.99. The maximum Gasteiger partial charge on any atom is 0.165 e. The average molecular weight is 263 g/mol. The Bertz CT molecular complexity index is 468. The lowest BCUT2D eigenvalue weighted by atomic mass is 9.81. The molecule has 1 aromatic rings. The molecule has 0 heterocycles. The topological polar surface area (TPSA) is 55.5 Å². The van der Waals surface area contributed by atoms with E-state index < -0.39 is 0 Å². The van der Waals surface area contributed by atoms with Crippen LogP contribution in [0.5, 0.6) is 11.5 Å². The van der Waals surface area contributed by atoms with Gasteiger partial charge < -0.3 is 15.6 Å². The summed E-state index contributed by atoms with van der Waals surface area (Å²) in [5, 5.41) is 10.2. The largest absolute Gasteiger partial charge is 0.504 e. The van der Waals surface area contributed by atoms with E-state index in [1.807, 2.05) is 0 Å². The van der Waals surface area contributed by atoms with Crippen molar-refractivity contribution < 1.29 is 9.84 Å². The molecule has 106 valence electrons. The van der Waals surface area contributed by atoms with Crippen LogP contribution in [0.25, 0.3) is 0 Å². The van der Waals surface area contributed by atoms with E-state index in [1.165, 1.54) is 0 Å². The number of ether oxygens (including phenoxy) is 1. The number of rotatable bonds is 2. The molecule has 19 heavy (non-hydrogen) atoms. The molecule has 0 amide bonds. The Morgan fingerprint density at radius 3 is 2.26 bits per heavy atom. The van der Waals surface area contributed by atoms with E-state index in [0.29, 0.717) is 5.75 Å². The van der Waals surface area contributed by atoms with Crippen molar-refractivity contribution in [3.05, 3.63) is 23.3 Å². The lowest BCUT2D eigenvalue weighted by molar-refractivity contribution is 0.347. The van der Waals surface area contributed by atoms with Gasteiger partial charge in [0.05, 0.1) is 7.11 Å². The van der Waals surface area contributed by atoms with Gasteiger partial charge in [0.15, 0.2) is 11.5 Å². The molecule has 0 radical (unpaired) electrons. The number of aromatic hydroxyl groups is 1. The number of methoxy groups -OCH3 is 1. The zero-order valence-electron chi connectivity index (χ0n) is 12.4. The second kappa shape index (κ2) is 4.71. The molecule has 3 N–H and O–H groups in total. The van der Waals surface area contributed by atoms with E-state index in [9.17, 15) is 5.11 Å². The molecule has 0 saturated heterocycles. The summed E-state index contributed by atoms with van der Waals surface area (Å²) in [6, 6.07) is 3.91. The van der Waals surface area contributed by atoms with Crippen LogP contribution in [0.4, 0.5) is 0 Å². The highest BCUT2D eigenvalue weighted by Crippen LogP contribution is 2.45. The molecule has 0 aliphatic heterocycles. The molecular formula is C16H25NO2. The second-order valence-corrected chi connectivity index (χ2v) is 6.69. The van der Waals surface area contributed by atoms with E-state index >= 15 is 0 Å². The van der Waals surface area contributed by atoms with Crippen LogP contribution < -0.4 is 10.5 Å². The van der Waals surface area contributed by atoms with Gasteiger partial charge in [-0.2, -0.15) is 0 Å². The van der Waals surface area contributed by atoms with Crippen LogP contribution in [0.2, 0.25) is 0 Å². The number of hydrogen-bond donors (Lipinski definition) is 2. The van der Waals surface area contributed by atoms with Crippen LogP contribution in [0, 0.1) is 0 Å². The van der Waals surface area contributed by atoms with Gasteiger partial charge in [-0.1, -0.05) is 33.6 Å². The van der Waals surface area contributed by atoms with Crippen LogP contribution in [-0.2, 0) is 11.0 Å². The lowest BCUT2D eigenvalue weighted by Crippen LogP contribution is -2.34. The van der Waals surface area contributed by atoms with Gasteiger partial charge >= 0.3 is 0 Å². The van der Waals surface area contributed by atoms with Crippen LogP contribution >= 0.6 is 0 Å². The Hall–Kier alpha value is -1.22. The highest BCUT2D eigenvalue weighted by Gasteiger charge is 2.36.